The molecule has 3 N–H and O–H groups in total. The normalized spacial score (nSPS) is 17.3. The minimum Gasteiger partial charge on any atom is -0.382 e. The van der Waals surface area contributed by atoms with Crippen LogP contribution in [0.15, 0.2) is 24.3 Å². The quantitative estimate of drug-likeness (QED) is 0.493. The number of hydrogen-bond donors (Lipinski definition) is 2. The van der Waals surface area contributed by atoms with Crippen molar-refractivity contribution in [3.8, 4) is 0 Å². The maximum Gasteiger partial charge on any atom is 0.244 e. The lowest BCUT2D eigenvalue weighted by atomic mass is 10.1. The molecule has 0 bridgehead atoms. The zero-order valence-electron chi connectivity index (χ0n) is 15.8. The van der Waals surface area contributed by atoms with Crippen molar-refractivity contribution in [1.82, 2.24) is 14.9 Å². The van der Waals surface area contributed by atoms with E-state index in [9.17, 15) is 4.79 Å². The molecular weight excluding hydrogens is 467 g/mol. The van der Waals surface area contributed by atoms with Gasteiger partial charge in [-0.15, -0.1) is 0 Å². The Morgan fingerprint density at radius 2 is 1.79 bits per heavy atom. The number of benzene rings is 1. The second-order valence-electron chi connectivity index (χ2n) is 7.45. The summed E-state index contributed by atoms with van der Waals surface area (Å²) in [6, 6.07) is 8.69. The summed E-state index contributed by atoms with van der Waals surface area (Å²) >= 11 is 2.04. The number of carbonyl (C=O) groups excluding carboxylic acids is 1. The van der Waals surface area contributed by atoms with E-state index in [1.807, 2.05) is 27.5 Å². The van der Waals surface area contributed by atoms with E-state index in [0.717, 1.165) is 18.5 Å². The maximum absolute atomic E-state index is 12.1. The molecule has 0 aliphatic carbocycles. The molecule has 0 radical (unpaired) electrons. The fraction of sp³-hybridized carbons (Fsp3) is 0.450. The molecule has 2 aliphatic heterocycles. The van der Waals surface area contributed by atoms with Crippen LogP contribution in [0.25, 0.3) is 0 Å². The van der Waals surface area contributed by atoms with E-state index >= 15 is 0 Å². The zero-order chi connectivity index (χ0) is 19.5. The standard InChI is InChI=1S/C20H25IN6O/c21-20-24-18(22)17-19(25-20)27(13-16(28)23-17)12-15-6-4-14(5-7-15)8-11-26-9-2-1-3-10-26/h4-7H,1-3,8-13H2,(H,23,28)(H2,22,24,25). The first-order valence-corrected chi connectivity index (χ1v) is 10.8. The second kappa shape index (κ2) is 8.60. The lowest BCUT2D eigenvalue weighted by Crippen LogP contribution is -2.39. The minimum atomic E-state index is -0.0952. The third-order valence-corrected chi connectivity index (χ3v) is 5.83. The molecule has 1 fully saturated rings. The van der Waals surface area contributed by atoms with E-state index in [4.69, 9.17) is 5.73 Å². The number of hydrogen-bond acceptors (Lipinski definition) is 6. The number of rotatable bonds is 5. The van der Waals surface area contributed by atoms with Crippen LogP contribution < -0.4 is 16.0 Å². The SMILES string of the molecule is Nc1nc(I)nc2c1NC(=O)CN2Cc1ccc(CCN2CCCCC2)cc1. The highest BCUT2D eigenvalue weighted by Crippen LogP contribution is 2.32. The number of likely N-dealkylation sites (tertiary alicyclic amines) is 1. The van der Waals surface area contributed by atoms with Gasteiger partial charge in [0.2, 0.25) is 5.91 Å². The van der Waals surface area contributed by atoms with E-state index in [2.05, 4.69) is 44.5 Å². The average Bonchev–Trinajstić information content (AvgIpc) is 2.69. The zero-order valence-corrected chi connectivity index (χ0v) is 18.0. The summed E-state index contributed by atoms with van der Waals surface area (Å²) in [5.74, 6) is 0.897. The van der Waals surface area contributed by atoms with Crippen molar-refractivity contribution in [2.45, 2.75) is 32.2 Å². The molecule has 1 saturated heterocycles. The van der Waals surface area contributed by atoms with Gasteiger partial charge in [0.05, 0.1) is 6.54 Å². The Morgan fingerprint density at radius 1 is 1.07 bits per heavy atom. The molecule has 2 aliphatic rings. The highest BCUT2D eigenvalue weighted by molar-refractivity contribution is 14.1. The molecule has 0 unspecified atom stereocenters. The molecule has 148 valence electrons. The highest BCUT2D eigenvalue weighted by atomic mass is 127. The molecule has 2 aromatic rings. The van der Waals surface area contributed by atoms with Crippen LogP contribution in [0.3, 0.4) is 0 Å². The lowest BCUT2D eigenvalue weighted by Gasteiger charge is -2.30. The van der Waals surface area contributed by atoms with Crippen molar-refractivity contribution in [2.24, 2.45) is 0 Å². The van der Waals surface area contributed by atoms with Gasteiger partial charge in [0, 0.05) is 35.7 Å². The smallest absolute Gasteiger partial charge is 0.244 e. The summed E-state index contributed by atoms with van der Waals surface area (Å²) < 4.78 is 0.572. The van der Waals surface area contributed by atoms with Gasteiger partial charge in [-0.2, -0.15) is 0 Å². The summed E-state index contributed by atoms with van der Waals surface area (Å²) in [5, 5.41) is 2.79. The Labute approximate surface area is 178 Å². The van der Waals surface area contributed by atoms with Crippen molar-refractivity contribution in [3.05, 3.63) is 39.2 Å². The number of fused-ring (bicyclic) bond motifs is 1. The minimum absolute atomic E-state index is 0.0952. The van der Waals surface area contributed by atoms with Crippen LogP contribution in [0.5, 0.6) is 0 Å². The van der Waals surface area contributed by atoms with Gasteiger partial charge < -0.3 is 20.9 Å². The van der Waals surface area contributed by atoms with E-state index in [-0.39, 0.29) is 12.5 Å². The van der Waals surface area contributed by atoms with Crippen LogP contribution in [0.1, 0.15) is 30.4 Å². The van der Waals surface area contributed by atoms with E-state index in [1.165, 1.54) is 37.9 Å². The van der Waals surface area contributed by atoms with Crippen LogP contribution in [-0.2, 0) is 17.8 Å². The molecule has 1 aromatic heterocycles. The Morgan fingerprint density at radius 3 is 2.54 bits per heavy atom. The largest absolute Gasteiger partial charge is 0.382 e. The monoisotopic (exact) mass is 492 g/mol. The second-order valence-corrected chi connectivity index (χ2v) is 8.41. The fourth-order valence-corrected chi connectivity index (χ4v) is 4.34. The van der Waals surface area contributed by atoms with Gasteiger partial charge in [-0.3, -0.25) is 4.79 Å². The highest BCUT2D eigenvalue weighted by Gasteiger charge is 2.26. The lowest BCUT2D eigenvalue weighted by molar-refractivity contribution is -0.115. The molecule has 1 aromatic carbocycles. The predicted octanol–water partition coefficient (Wildman–Crippen LogP) is 2.65. The van der Waals surface area contributed by atoms with Crippen LogP contribution >= 0.6 is 22.6 Å². The van der Waals surface area contributed by atoms with Gasteiger partial charge in [0.15, 0.2) is 15.5 Å². The summed E-state index contributed by atoms with van der Waals surface area (Å²) in [5.41, 5.74) is 8.98. The molecule has 0 saturated carbocycles. The van der Waals surface area contributed by atoms with Crippen LogP contribution in [-0.4, -0.2) is 47.0 Å². The molecule has 4 rings (SSSR count). The van der Waals surface area contributed by atoms with Gasteiger partial charge in [0.1, 0.15) is 5.69 Å². The van der Waals surface area contributed by atoms with Gasteiger partial charge in [0.25, 0.3) is 0 Å². The number of nitrogens with zero attached hydrogens (tertiary/aromatic N) is 4. The topological polar surface area (TPSA) is 87.4 Å². The number of anilines is 3. The number of amides is 1. The van der Waals surface area contributed by atoms with E-state index in [1.54, 1.807) is 0 Å². The van der Waals surface area contributed by atoms with Crippen LogP contribution in [0, 0.1) is 3.83 Å². The average molecular weight is 492 g/mol. The first kappa shape index (κ1) is 19.4. The molecule has 7 nitrogen and oxygen atoms in total. The molecule has 8 heteroatoms. The van der Waals surface area contributed by atoms with Crippen LogP contribution in [0.2, 0.25) is 0 Å². The van der Waals surface area contributed by atoms with Gasteiger partial charge in [-0.05, 0) is 43.5 Å². The number of piperidine rings is 1. The third kappa shape index (κ3) is 4.54. The van der Waals surface area contributed by atoms with Crippen molar-refractivity contribution in [3.63, 3.8) is 0 Å². The van der Waals surface area contributed by atoms with Crippen molar-refractivity contribution >= 4 is 45.8 Å². The Balaban J connectivity index is 1.42. The number of halogens is 1. The first-order valence-electron chi connectivity index (χ1n) is 9.76. The fourth-order valence-electron chi connectivity index (χ4n) is 3.85. The number of aromatic nitrogens is 2. The summed E-state index contributed by atoms with van der Waals surface area (Å²) in [6.45, 7) is 4.47. The Kier molecular flexibility index (Phi) is 5.96. The van der Waals surface area contributed by atoms with Gasteiger partial charge in [-0.25, -0.2) is 9.97 Å². The predicted molar refractivity (Wildman–Crippen MR) is 119 cm³/mol. The van der Waals surface area contributed by atoms with E-state index < -0.39 is 0 Å². The molecule has 0 spiro atoms. The van der Waals surface area contributed by atoms with Crippen molar-refractivity contribution in [1.29, 1.82) is 0 Å². The first-order chi connectivity index (χ1) is 13.6. The van der Waals surface area contributed by atoms with E-state index in [0.29, 0.717) is 27.7 Å². The maximum atomic E-state index is 12.1. The molecular formula is C20H25IN6O. The summed E-state index contributed by atoms with van der Waals surface area (Å²) in [4.78, 5) is 25.2. The number of nitrogen functional groups attached to an aromatic ring is 1. The number of nitrogens with one attached hydrogen (secondary N) is 1. The third-order valence-electron chi connectivity index (χ3n) is 5.35. The Bertz CT molecular complexity index is 851. The van der Waals surface area contributed by atoms with Gasteiger partial charge in [-0.1, -0.05) is 30.7 Å². The molecule has 0 atom stereocenters. The number of carbonyl (C=O) groups is 1. The molecule has 1 amide bonds. The van der Waals surface area contributed by atoms with Crippen LogP contribution in [0.4, 0.5) is 17.3 Å². The Hall–Kier alpha value is -1.94. The molecule has 3 heterocycles. The number of nitrogens with two attached hydrogens (primary N) is 1. The molecule has 28 heavy (non-hydrogen) atoms. The van der Waals surface area contributed by atoms with Gasteiger partial charge >= 0.3 is 0 Å². The summed E-state index contributed by atoms with van der Waals surface area (Å²) in [6.07, 6.45) is 5.11. The summed E-state index contributed by atoms with van der Waals surface area (Å²) in [7, 11) is 0. The van der Waals surface area contributed by atoms with Crippen molar-refractivity contribution < 1.29 is 4.79 Å². The van der Waals surface area contributed by atoms with Crippen molar-refractivity contribution in [2.75, 3.05) is 42.1 Å².